The molecule has 1 aromatic carbocycles. The molecule has 0 bridgehead atoms. The largest absolute Gasteiger partial charge is 1.00 e. The molecular formula is C52H104Br3N3. The van der Waals surface area contributed by atoms with Gasteiger partial charge in [-0.05, 0) is 56.7 Å². The second kappa shape index (κ2) is 40.3. The fraction of sp³-hybridized carbons (Fsp3) is 0.885. The van der Waals surface area contributed by atoms with Gasteiger partial charge >= 0.3 is 0 Å². The number of rotatable bonds is 40. The van der Waals surface area contributed by atoms with E-state index < -0.39 is 0 Å². The molecule has 0 aliphatic rings. The first-order chi connectivity index (χ1) is 26.4. The predicted molar refractivity (Wildman–Crippen MR) is 249 cm³/mol. The summed E-state index contributed by atoms with van der Waals surface area (Å²) in [6.45, 7) is 14.3. The van der Waals surface area contributed by atoms with Crippen LogP contribution >= 0.6 is 0 Å². The van der Waals surface area contributed by atoms with Gasteiger partial charge in [0, 0.05) is 16.7 Å². The van der Waals surface area contributed by atoms with Crippen molar-refractivity contribution in [1.82, 2.24) is 0 Å². The van der Waals surface area contributed by atoms with Crippen LogP contribution in [0.1, 0.15) is 237 Å². The van der Waals surface area contributed by atoms with Crippen molar-refractivity contribution in [3.05, 3.63) is 34.9 Å². The fourth-order valence-electron chi connectivity index (χ4n) is 9.09. The molecule has 3 nitrogen and oxygen atoms in total. The standard InChI is InChI=1S/C52H104N3.3BrH/c1-10-13-16-19-22-25-28-31-34-37-40-43-55(8,9)49-52-45-50(47-53(4,5)41-38-35-32-29-26-23-20-17-14-11-2)44-51(46-52)48-54(6,7)42-39-36-33-30-27-24-21-18-15-12-3;;;/h44-46H,10-43,47-49H2,1-9H3;3*1H/q+3;;;/p-3. The van der Waals surface area contributed by atoms with Crippen LogP contribution in [0.3, 0.4) is 0 Å². The van der Waals surface area contributed by atoms with Gasteiger partial charge in [0.1, 0.15) is 19.6 Å². The number of unbranched alkanes of at least 4 members (excludes halogenated alkanes) is 28. The Labute approximate surface area is 398 Å². The van der Waals surface area contributed by atoms with Crippen molar-refractivity contribution in [2.24, 2.45) is 0 Å². The summed E-state index contributed by atoms with van der Waals surface area (Å²) in [4.78, 5) is 0. The van der Waals surface area contributed by atoms with Crippen molar-refractivity contribution in [1.29, 1.82) is 0 Å². The highest BCUT2D eigenvalue weighted by Gasteiger charge is 2.22. The molecule has 0 N–H and O–H groups in total. The van der Waals surface area contributed by atoms with Crippen molar-refractivity contribution in [3.63, 3.8) is 0 Å². The van der Waals surface area contributed by atoms with E-state index in [-0.39, 0.29) is 50.9 Å². The third-order valence-electron chi connectivity index (χ3n) is 12.5. The van der Waals surface area contributed by atoms with Gasteiger partial charge in [0.05, 0.1) is 61.9 Å². The van der Waals surface area contributed by atoms with Crippen LogP contribution in [0.15, 0.2) is 18.2 Å². The van der Waals surface area contributed by atoms with Gasteiger partial charge in [-0.15, -0.1) is 0 Å². The van der Waals surface area contributed by atoms with Gasteiger partial charge in [-0.25, -0.2) is 0 Å². The summed E-state index contributed by atoms with van der Waals surface area (Å²) in [5.41, 5.74) is 4.70. The number of quaternary nitrogens is 3. The third-order valence-corrected chi connectivity index (χ3v) is 12.5. The number of hydrogen-bond donors (Lipinski definition) is 0. The van der Waals surface area contributed by atoms with E-state index in [1.807, 2.05) is 0 Å². The van der Waals surface area contributed by atoms with Crippen LogP contribution in [0.5, 0.6) is 0 Å². The average Bonchev–Trinajstić information content (AvgIpc) is 3.11. The van der Waals surface area contributed by atoms with Gasteiger partial charge in [0.2, 0.25) is 0 Å². The van der Waals surface area contributed by atoms with Crippen molar-refractivity contribution in [2.75, 3.05) is 61.9 Å². The van der Waals surface area contributed by atoms with Crippen LogP contribution < -0.4 is 50.9 Å². The molecule has 0 fully saturated rings. The highest BCUT2D eigenvalue weighted by Crippen LogP contribution is 2.23. The second-order valence-electron chi connectivity index (χ2n) is 20.5. The topological polar surface area (TPSA) is 0 Å². The SMILES string of the molecule is CCCCCCCCCCCCC[N+](C)(C)Cc1cc(C[N+](C)(C)CCCCCCCCCCCC)cc(C[N+](C)(C)CCCCCCCCCCCC)c1.[Br-].[Br-].[Br-]. The summed E-state index contributed by atoms with van der Waals surface area (Å²) in [5.74, 6) is 0. The second-order valence-corrected chi connectivity index (χ2v) is 20.5. The number of nitrogens with zero attached hydrogens (tertiary/aromatic N) is 3. The summed E-state index contributed by atoms with van der Waals surface area (Å²) in [6, 6.07) is 7.81. The number of hydrogen-bond acceptors (Lipinski definition) is 0. The molecule has 0 saturated heterocycles. The van der Waals surface area contributed by atoms with Gasteiger partial charge in [0.15, 0.2) is 0 Å². The first-order valence-corrected chi connectivity index (χ1v) is 25.0. The van der Waals surface area contributed by atoms with Crippen molar-refractivity contribution >= 4 is 0 Å². The molecular weight excluding hydrogens is 906 g/mol. The van der Waals surface area contributed by atoms with Gasteiger partial charge in [-0.1, -0.05) is 181 Å². The molecule has 6 heteroatoms. The lowest BCUT2D eigenvalue weighted by atomic mass is 10.0. The highest BCUT2D eigenvalue weighted by atomic mass is 79.9. The van der Waals surface area contributed by atoms with E-state index in [0.717, 1.165) is 33.1 Å². The molecule has 0 heterocycles. The molecule has 58 heavy (non-hydrogen) atoms. The monoisotopic (exact) mass is 1010 g/mol. The van der Waals surface area contributed by atoms with E-state index in [0.29, 0.717) is 0 Å². The maximum Gasteiger partial charge on any atom is 0.104 e. The lowest BCUT2D eigenvalue weighted by Gasteiger charge is -2.33. The lowest BCUT2D eigenvalue weighted by Crippen LogP contribution is -3.00. The summed E-state index contributed by atoms with van der Waals surface area (Å²) >= 11 is 0. The molecule has 0 saturated carbocycles. The predicted octanol–water partition coefficient (Wildman–Crippen LogP) is 6.58. The van der Waals surface area contributed by atoms with Crippen molar-refractivity contribution < 1.29 is 64.4 Å². The summed E-state index contributed by atoms with van der Waals surface area (Å²) in [7, 11) is 14.9. The molecule has 1 aromatic rings. The van der Waals surface area contributed by atoms with E-state index >= 15 is 0 Å². The van der Waals surface area contributed by atoms with Crippen LogP contribution in [-0.4, -0.2) is 75.4 Å². The molecule has 0 amide bonds. The molecule has 0 aromatic heterocycles. The summed E-state index contributed by atoms with van der Waals surface area (Å²) in [5, 5.41) is 0. The smallest absolute Gasteiger partial charge is 0.104 e. The molecule has 0 aliphatic heterocycles. The zero-order valence-electron chi connectivity index (χ0n) is 40.9. The fourth-order valence-corrected chi connectivity index (χ4v) is 9.09. The zero-order valence-corrected chi connectivity index (χ0v) is 45.6. The average molecular weight is 1010 g/mol. The van der Waals surface area contributed by atoms with Gasteiger partial charge in [-0.3, -0.25) is 0 Å². The maximum absolute atomic E-state index is 2.60. The van der Waals surface area contributed by atoms with Gasteiger partial charge in [-0.2, -0.15) is 0 Å². The van der Waals surface area contributed by atoms with Crippen LogP contribution in [0, 0.1) is 0 Å². The molecule has 0 radical (unpaired) electrons. The van der Waals surface area contributed by atoms with E-state index in [9.17, 15) is 0 Å². The Morgan fingerprint density at radius 2 is 0.414 bits per heavy atom. The number of halogens is 3. The van der Waals surface area contributed by atoms with Crippen LogP contribution in [0.2, 0.25) is 0 Å². The maximum atomic E-state index is 2.60. The lowest BCUT2D eigenvalue weighted by molar-refractivity contribution is -0.905. The van der Waals surface area contributed by atoms with E-state index in [4.69, 9.17) is 0 Å². The molecule has 0 spiro atoms. The van der Waals surface area contributed by atoms with Crippen molar-refractivity contribution in [2.45, 2.75) is 239 Å². The highest BCUT2D eigenvalue weighted by molar-refractivity contribution is 5.29. The zero-order chi connectivity index (χ0) is 40.5. The summed E-state index contributed by atoms with van der Waals surface area (Å²) < 4.78 is 3.32. The Hall–Kier alpha value is 0.540. The quantitative estimate of drug-likeness (QED) is 0.0516. The van der Waals surface area contributed by atoms with Gasteiger partial charge < -0.3 is 64.4 Å². The van der Waals surface area contributed by atoms with Crippen LogP contribution in [-0.2, 0) is 19.6 Å². The van der Waals surface area contributed by atoms with E-state index in [1.165, 1.54) is 219 Å². The normalized spacial score (nSPS) is 11.9. The Bertz CT molecular complexity index is 955. The Morgan fingerprint density at radius 3 is 0.586 bits per heavy atom. The summed E-state index contributed by atoms with van der Waals surface area (Å²) in [6.07, 6.45) is 44.0. The molecule has 0 atom stereocenters. The molecule has 0 aliphatic carbocycles. The van der Waals surface area contributed by atoms with Crippen LogP contribution in [0.25, 0.3) is 0 Å². The van der Waals surface area contributed by atoms with E-state index in [1.54, 1.807) is 16.7 Å². The number of benzene rings is 1. The minimum Gasteiger partial charge on any atom is -1.00 e. The minimum absolute atomic E-state index is 0. The Morgan fingerprint density at radius 1 is 0.259 bits per heavy atom. The minimum atomic E-state index is 0. The molecule has 1 rings (SSSR count). The Kier molecular flexibility index (Phi) is 43.7. The Balaban J connectivity index is -0.0000101. The van der Waals surface area contributed by atoms with Crippen molar-refractivity contribution in [3.8, 4) is 0 Å². The first-order valence-electron chi connectivity index (χ1n) is 25.0. The van der Waals surface area contributed by atoms with E-state index in [2.05, 4.69) is 81.3 Å². The molecule has 0 unspecified atom stereocenters. The molecule has 348 valence electrons. The first kappa shape index (κ1) is 62.8. The van der Waals surface area contributed by atoms with Crippen LogP contribution in [0.4, 0.5) is 0 Å². The van der Waals surface area contributed by atoms with Gasteiger partial charge in [0.25, 0.3) is 0 Å². The third kappa shape index (κ3) is 38.2.